The van der Waals surface area contributed by atoms with Gasteiger partial charge in [-0.15, -0.1) is 0 Å². The molecular formula is C15H13N3O2. The number of aryl methyl sites for hydroxylation is 2. The van der Waals surface area contributed by atoms with Gasteiger partial charge in [0.1, 0.15) is 11.5 Å². The second kappa shape index (κ2) is 4.77. The van der Waals surface area contributed by atoms with E-state index in [0.717, 1.165) is 16.5 Å². The number of aromatic nitrogens is 2. The van der Waals surface area contributed by atoms with Gasteiger partial charge in [-0.05, 0) is 25.3 Å². The van der Waals surface area contributed by atoms with Crippen molar-refractivity contribution in [3.05, 3.63) is 53.5 Å². The number of anilines is 1. The first-order chi connectivity index (χ1) is 9.63. The lowest BCUT2D eigenvalue weighted by Crippen LogP contribution is -2.15. The van der Waals surface area contributed by atoms with Crippen molar-refractivity contribution in [3.63, 3.8) is 0 Å². The fraction of sp³-hybridized carbons (Fsp3) is 0.133. The lowest BCUT2D eigenvalue weighted by molar-refractivity contribution is 0.102. The predicted octanol–water partition coefficient (Wildman–Crippen LogP) is 3.09. The van der Waals surface area contributed by atoms with E-state index in [1.54, 1.807) is 13.0 Å². The summed E-state index contributed by atoms with van der Waals surface area (Å²) in [5.74, 6) is 0.737. The van der Waals surface area contributed by atoms with Crippen LogP contribution in [-0.4, -0.2) is 16.0 Å². The van der Waals surface area contributed by atoms with Gasteiger partial charge in [0.05, 0.1) is 0 Å². The van der Waals surface area contributed by atoms with Gasteiger partial charge in [-0.25, -0.2) is 4.98 Å². The van der Waals surface area contributed by atoms with Crippen molar-refractivity contribution in [2.24, 2.45) is 0 Å². The standard InChI is InChI=1S/C15H13N3O2/c1-9-7-11-5-3-4-6-12(11)14(16-9)15(19)17-13-8-10(2)20-18-13/h3-8H,1-2H3,(H,17,18,19). The molecule has 20 heavy (non-hydrogen) atoms. The number of rotatable bonds is 2. The van der Waals surface area contributed by atoms with Crippen LogP contribution in [0.3, 0.4) is 0 Å². The third kappa shape index (κ3) is 2.25. The highest BCUT2D eigenvalue weighted by atomic mass is 16.5. The van der Waals surface area contributed by atoms with Crippen LogP contribution in [0.2, 0.25) is 0 Å². The zero-order valence-corrected chi connectivity index (χ0v) is 11.2. The van der Waals surface area contributed by atoms with E-state index < -0.39 is 0 Å². The van der Waals surface area contributed by atoms with Gasteiger partial charge in [-0.2, -0.15) is 0 Å². The van der Waals surface area contributed by atoms with E-state index in [1.165, 1.54) is 0 Å². The van der Waals surface area contributed by atoms with Gasteiger partial charge in [-0.3, -0.25) is 4.79 Å². The van der Waals surface area contributed by atoms with Crippen LogP contribution in [0.1, 0.15) is 21.9 Å². The summed E-state index contributed by atoms with van der Waals surface area (Å²) in [5.41, 5.74) is 1.19. The molecule has 2 heterocycles. The molecule has 0 bridgehead atoms. The van der Waals surface area contributed by atoms with Gasteiger partial charge in [0, 0.05) is 17.1 Å². The van der Waals surface area contributed by atoms with Crippen molar-refractivity contribution < 1.29 is 9.32 Å². The Hall–Kier alpha value is -2.69. The number of benzene rings is 1. The SMILES string of the molecule is Cc1cc2ccccc2c(C(=O)Nc2cc(C)on2)n1. The highest BCUT2D eigenvalue weighted by Crippen LogP contribution is 2.19. The Morgan fingerprint density at radius 3 is 2.75 bits per heavy atom. The Morgan fingerprint density at radius 2 is 2.00 bits per heavy atom. The molecule has 5 nitrogen and oxygen atoms in total. The van der Waals surface area contributed by atoms with Gasteiger partial charge in [0.25, 0.3) is 5.91 Å². The molecule has 0 unspecified atom stereocenters. The van der Waals surface area contributed by atoms with Gasteiger partial charge >= 0.3 is 0 Å². The summed E-state index contributed by atoms with van der Waals surface area (Å²) in [6.45, 7) is 3.63. The van der Waals surface area contributed by atoms with Gasteiger partial charge in [0.15, 0.2) is 5.82 Å². The van der Waals surface area contributed by atoms with Crippen molar-refractivity contribution in [2.45, 2.75) is 13.8 Å². The molecule has 3 aromatic rings. The molecule has 0 saturated heterocycles. The Balaban J connectivity index is 2.02. The van der Waals surface area contributed by atoms with Gasteiger partial charge in [-0.1, -0.05) is 29.4 Å². The third-order valence-corrected chi connectivity index (χ3v) is 2.95. The summed E-state index contributed by atoms with van der Waals surface area (Å²) in [6.07, 6.45) is 0. The van der Waals surface area contributed by atoms with Crippen LogP contribution in [0.4, 0.5) is 5.82 Å². The van der Waals surface area contributed by atoms with Crippen molar-refractivity contribution in [2.75, 3.05) is 5.32 Å². The fourth-order valence-electron chi connectivity index (χ4n) is 2.11. The average molecular weight is 267 g/mol. The number of fused-ring (bicyclic) bond motifs is 1. The van der Waals surface area contributed by atoms with Crippen LogP contribution in [0.5, 0.6) is 0 Å². The number of amides is 1. The molecule has 3 rings (SSSR count). The van der Waals surface area contributed by atoms with Crippen LogP contribution >= 0.6 is 0 Å². The molecule has 0 radical (unpaired) electrons. The Kier molecular flexibility index (Phi) is 2.95. The molecule has 0 aliphatic heterocycles. The summed E-state index contributed by atoms with van der Waals surface area (Å²) >= 11 is 0. The van der Waals surface area contributed by atoms with Crippen molar-refractivity contribution >= 4 is 22.5 Å². The Labute approximate surface area is 115 Å². The van der Waals surface area contributed by atoms with E-state index in [9.17, 15) is 4.79 Å². The normalized spacial score (nSPS) is 10.7. The molecule has 2 aromatic heterocycles. The third-order valence-electron chi connectivity index (χ3n) is 2.95. The maximum Gasteiger partial charge on any atom is 0.276 e. The molecule has 0 fully saturated rings. The molecule has 1 aromatic carbocycles. The lowest BCUT2D eigenvalue weighted by atomic mass is 10.1. The molecule has 0 saturated carbocycles. The first-order valence-electron chi connectivity index (χ1n) is 6.24. The van der Waals surface area contributed by atoms with Gasteiger partial charge in [0.2, 0.25) is 0 Å². The molecule has 0 aliphatic rings. The molecule has 0 spiro atoms. The number of pyridine rings is 1. The monoisotopic (exact) mass is 267 g/mol. The Bertz CT molecular complexity index is 793. The van der Waals surface area contributed by atoms with Crippen LogP contribution in [0.25, 0.3) is 10.8 Å². The van der Waals surface area contributed by atoms with Crippen LogP contribution in [0.15, 0.2) is 40.9 Å². The summed E-state index contributed by atoms with van der Waals surface area (Å²) < 4.78 is 4.93. The number of hydrogen-bond donors (Lipinski definition) is 1. The molecular weight excluding hydrogens is 254 g/mol. The quantitative estimate of drug-likeness (QED) is 0.774. The second-order valence-corrected chi connectivity index (χ2v) is 4.61. The van der Waals surface area contributed by atoms with Crippen LogP contribution < -0.4 is 5.32 Å². The largest absolute Gasteiger partial charge is 0.360 e. The van der Waals surface area contributed by atoms with Crippen molar-refractivity contribution in [3.8, 4) is 0 Å². The van der Waals surface area contributed by atoms with E-state index in [2.05, 4.69) is 15.5 Å². The van der Waals surface area contributed by atoms with E-state index in [-0.39, 0.29) is 5.91 Å². The zero-order valence-electron chi connectivity index (χ0n) is 11.2. The average Bonchev–Trinajstić information content (AvgIpc) is 2.83. The van der Waals surface area contributed by atoms with Crippen LogP contribution in [-0.2, 0) is 0 Å². The molecule has 100 valence electrons. The summed E-state index contributed by atoms with van der Waals surface area (Å²) in [5, 5.41) is 8.24. The number of nitrogens with one attached hydrogen (secondary N) is 1. The van der Waals surface area contributed by atoms with Crippen molar-refractivity contribution in [1.29, 1.82) is 0 Å². The minimum absolute atomic E-state index is 0.293. The van der Waals surface area contributed by atoms with Gasteiger partial charge < -0.3 is 9.84 Å². The topological polar surface area (TPSA) is 68.0 Å². The Morgan fingerprint density at radius 1 is 1.20 bits per heavy atom. The number of hydrogen-bond acceptors (Lipinski definition) is 4. The second-order valence-electron chi connectivity index (χ2n) is 4.61. The van der Waals surface area contributed by atoms with E-state index in [4.69, 9.17) is 4.52 Å². The summed E-state index contributed by atoms with van der Waals surface area (Å²) in [6, 6.07) is 11.3. The first kappa shape index (κ1) is 12.3. The summed E-state index contributed by atoms with van der Waals surface area (Å²) in [7, 11) is 0. The van der Waals surface area contributed by atoms with Crippen molar-refractivity contribution in [1.82, 2.24) is 10.1 Å². The number of carbonyl (C=O) groups is 1. The maximum atomic E-state index is 12.3. The molecule has 0 aliphatic carbocycles. The van der Waals surface area contributed by atoms with E-state index in [0.29, 0.717) is 17.3 Å². The fourth-order valence-corrected chi connectivity index (χ4v) is 2.11. The summed E-state index contributed by atoms with van der Waals surface area (Å²) in [4.78, 5) is 16.7. The minimum Gasteiger partial charge on any atom is -0.360 e. The predicted molar refractivity (Wildman–Crippen MR) is 75.7 cm³/mol. The smallest absolute Gasteiger partial charge is 0.276 e. The maximum absolute atomic E-state index is 12.3. The van der Waals surface area contributed by atoms with E-state index in [1.807, 2.05) is 37.3 Å². The molecule has 1 amide bonds. The van der Waals surface area contributed by atoms with Crippen LogP contribution in [0, 0.1) is 13.8 Å². The number of carbonyl (C=O) groups excluding carboxylic acids is 1. The molecule has 5 heteroatoms. The first-order valence-corrected chi connectivity index (χ1v) is 6.24. The molecule has 1 N–H and O–H groups in total. The highest BCUT2D eigenvalue weighted by Gasteiger charge is 2.14. The number of nitrogens with zero attached hydrogens (tertiary/aromatic N) is 2. The highest BCUT2D eigenvalue weighted by molar-refractivity contribution is 6.11. The molecule has 0 atom stereocenters. The van der Waals surface area contributed by atoms with E-state index >= 15 is 0 Å². The minimum atomic E-state index is -0.293. The lowest BCUT2D eigenvalue weighted by Gasteiger charge is -2.06. The zero-order chi connectivity index (χ0) is 14.1.